The minimum absolute atomic E-state index is 0.344. The highest BCUT2D eigenvalue weighted by atomic mass is 15.2. The van der Waals surface area contributed by atoms with Crippen LogP contribution in [0.4, 0.5) is 0 Å². The van der Waals surface area contributed by atoms with Crippen LogP contribution in [0.3, 0.4) is 0 Å². The first kappa shape index (κ1) is 11.4. The Morgan fingerprint density at radius 3 is 2.64 bits per heavy atom. The van der Waals surface area contributed by atoms with E-state index in [1.807, 2.05) is 0 Å². The maximum absolute atomic E-state index is 8.62. The van der Waals surface area contributed by atoms with E-state index in [1.54, 1.807) is 0 Å². The second-order valence-electron chi connectivity index (χ2n) is 4.46. The SMILES string of the molecule is CC1CN(CC(N)C#N)CC1N(C)C. The van der Waals surface area contributed by atoms with Crippen molar-refractivity contribution in [2.75, 3.05) is 33.7 Å². The van der Waals surface area contributed by atoms with Crippen molar-refractivity contribution < 1.29 is 0 Å². The average molecular weight is 196 g/mol. The normalized spacial score (nSPS) is 30.6. The summed E-state index contributed by atoms with van der Waals surface area (Å²) >= 11 is 0. The standard InChI is InChI=1S/C10H20N4/c1-8-5-14(6-9(12)4-11)7-10(8)13(2)3/h8-10H,5-7,12H2,1-3H3. The highest BCUT2D eigenvalue weighted by Crippen LogP contribution is 2.19. The lowest BCUT2D eigenvalue weighted by Gasteiger charge is -2.22. The minimum Gasteiger partial charge on any atom is -0.315 e. The van der Waals surface area contributed by atoms with E-state index >= 15 is 0 Å². The zero-order valence-corrected chi connectivity index (χ0v) is 9.27. The van der Waals surface area contributed by atoms with Crippen LogP contribution in [0.5, 0.6) is 0 Å². The third kappa shape index (κ3) is 2.68. The third-order valence-electron chi connectivity index (χ3n) is 2.93. The van der Waals surface area contributed by atoms with Crippen LogP contribution < -0.4 is 5.73 Å². The van der Waals surface area contributed by atoms with Gasteiger partial charge in [0.2, 0.25) is 0 Å². The third-order valence-corrected chi connectivity index (χ3v) is 2.93. The van der Waals surface area contributed by atoms with Gasteiger partial charge in [-0.1, -0.05) is 6.92 Å². The Hall–Kier alpha value is -0.630. The number of likely N-dealkylation sites (tertiary alicyclic amines) is 1. The van der Waals surface area contributed by atoms with Gasteiger partial charge in [0.05, 0.1) is 6.07 Å². The maximum atomic E-state index is 8.62. The largest absolute Gasteiger partial charge is 0.315 e. The van der Waals surface area contributed by atoms with Crippen molar-refractivity contribution in [3.05, 3.63) is 0 Å². The van der Waals surface area contributed by atoms with E-state index in [1.165, 1.54) is 0 Å². The molecule has 0 bridgehead atoms. The highest BCUT2D eigenvalue weighted by molar-refractivity contribution is 4.93. The summed E-state index contributed by atoms with van der Waals surface area (Å²) in [6, 6.07) is 2.33. The van der Waals surface area contributed by atoms with E-state index in [2.05, 4.69) is 36.9 Å². The molecule has 4 heteroatoms. The van der Waals surface area contributed by atoms with Gasteiger partial charge in [0, 0.05) is 25.7 Å². The average Bonchev–Trinajstić information content (AvgIpc) is 2.46. The summed E-state index contributed by atoms with van der Waals surface area (Å²) < 4.78 is 0. The Labute approximate surface area is 86.3 Å². The molecule has 1 heterocycles. The van der Waals surface area contributed by atoms with Crippen molar-refractivity contribution in [2.24, 2.45) is 11.7 Å². The lowest BCUT2D eigenvalue weighted by molar-refractivity contribution is 0.251. The molecular formula is C10H20N4. The summed E-state index contributed by atoms with van der Waals surface area (Å²) in [5.41, 5.74) is 5.60. The second kappa shape index (κ2) is 4.74. The molecule has 1 aliphatic rings. The van der Waals surface area contributed by atoms with Crippen molar-refractivity contribution in [3.8, 4) is 6.07 Å². The molecule has 0 saturated carbocycles. The first-order valence-electron chi connectivity index (χ1n) is 5.08. The molecule has 0 radical (unpaired) electrons. The molecule has 2 N–H and O–H groups in total. The molecule has 3 atom stereocenters. The van der Waals surface area contributed by atoms with Crippen LogP contribution >= 0.6 is 0 Å². The van der Waals surface area contributed by atoms with E-state index in [4.69, 9.17) is 11.0 Å². The molecule has 1 rings (SSSR count). The lowest BCUT2D eigenvalue weighted by Crippen LogP contribution is -2.38. The predicted octanol–water partition coefficient (Wildman–Crippen LogP) is -0.281. The van der Waals surface area contributed by atoms with E-state index in [9.17, 15) is 0 Å². The summed E-state index contributed by atoms with van der Waals surface area (Å²) in [6.07, 6.45) is 0. The van der Waals surface area contributed by atoms with Crippen molar-refractivity contribution >= 4 is 0 Å². The van der Waals surface area contributed by atoms with Crippen molar-refractivity contribution in [1.82, 2.24) is 9.80 Å². The molecule has 14 heavy (non-hydrogen) atoms. The molecule has 0 aromatic carbocycles. The molecule has 0 amide bonds. The molecule has 0 aromatic rings. The molecule has 0 aromatic heterocycles. The fourth-order valence-corrected chi connectivity index (χ4v) is 2.19. The Morgan fingerprint density at radius 1 is 1.57 bits per heavy atom. The monoisotopic (exact) mass is 196 g/mol. The highest BCUT2D eigenvalue weighted by Gasteiger charge is 2.31. The van der Waals surface area contributed by atoms with E-state index in [-0.39, 0.29) is 6.04 Å². The summed E-state index contributed by atoms with van der Waals surface area (Å²) in [5.74, 6) is 0.663. The Kier molecular flexibility index (Phi) is 3.87. The number of nitrogens with zero attached hydrogens (tertiary/aromatic N) is 3. The number of hydrogen-bond acceptors (Lipinski definition) is 4. The van der Waals surface area contributed by atoms with Gasteiger partial charge in [0.1, 0.15) is 6.04 Å². The fraction of sp³-hybridized carbons (Fsp3) is 0.900. The molecule has 3 unspecified atom stereocenters. The predicted molar refractivity (Wildman–Crippen MR) is 56.7 cm³/mol. The van der Waals surface area contributed by atoms with E-state index in [0.29, 0.717) is 18.5 Å². The zero-order valence-electron chi connectivity index (χ0n) is 9.27. The Balaban J connectivity index is 2.43. The van der Waals surface area contributed by atoms with Gasteiger partial charge in [-0.3, -0.25) is 4.90 Å². The first-order valence-corrected chi connectivity index (χ1v) is 5.08. The van der Waals surface area contributed by atoms with Crippen molar-refractivity contribution in [3.63, 3.8) is 0 Å². The van der Waals surface area contributed by atoms with Crippen LogP contribution in [-0.2, 0) is 0 Å². The number of nitrogens with two attached hydrogens (primary N) is 1. The lowest BCUT2D eigenvalue weighted by atomic mass is 10.1. The van der Waals surface area contributed by atoms with Gasteiger partial charge < -0.3 is 10.6 Å². The summed E-state index contributed by atoms with van der Waals surface area (Å²) in [7, 11) is 4.21. The molecule has 1 aliphatic heterocycles. The van der Waals surface area contributed by atoms with Gasteiger partial charge >= 0.3 is 0 Å². The maximum Gasteiger partial charge on any atom is 0.106 e. The quantitative estimate of drug-likeness (QED) is 0.674. The minimum atomic E-state index is -0.344. The number of rotatable bonds is 3. The van der Waals surface area contributed by atoms with Crippen LogP contribution in [0.15, 0.2) is 0 Å². The van der Waals surface area contributed by atoms with Crippen molar-refractivity contribution in [1.29, 1.82) is 5.26 Å². The van der Waals surface area contributed by atoms with Gasteiger partial charge in [0.15, 0.2) is 0 Å². The molecule has 80 valence electrons. The van der Waals surface area contributed by atoms with E-state index < -0.39 is 0 Å². The number of hydrogen-bond donors (Lipinski definition) is 1. The molecule has 0 aliphatic carbocycles. The van der Waals surface area contributed by atoms with Gasteiger partial charge in [0.25, 0.3) is 0 Å². The summed E-state index contributed by atoms with van der Waals surface area (Å²) in [4.78, 5) is 4.53. The molecule has 4 nitrogen and oxygen atoms in total. The van der Waals surface area contributed by atoms with Crippen molar-refractivity contribution in [2.45, 2.75) is 19.0 Å². The Bertz CT molecular complexity index is 221. The zero-order chi connectivity index (χ0) is 10.7. The van der Waals surface area contributed by atoms with E-state index in [0.717, 1.165) is 13.1 Å². The summed E-state index contributed by atoms with van der Waals surface area (Å²) in [6.45, 7) is 5.04. The number of nitriles is 1. The smallest absolute Gasteiger partial charge is 0.106 e. The molecule has 1 saturated heterocycles. The van der Waals surface area contributed by atoms with Crippen LogP contribution in [-0.4, -0.2) is 55.6 Å². The Morgan fingerprint density at radius 2 is 2.21 bits per heavy atom. The van der Waals surface area contributed by atoms with Gasteiger partial charge in [-0.05, 0) is 20.0 Å². The second-order valence-corrected chi connectivity index (χ2v) is 4.46. The van der Waals surface area contributed by atoms with Crippen LogP contribution in [0.25, 0.3) is 0 Å². The van der Waals surface area contributed by atoms with Crippen LogP contribution in [0.2, 0.25) is 0 Å². The molecule has 0 spiro atoms. The van der Waals surface area contributed by atoms with Gasteiger partial charge in [-0.2, -0.15) is 5.26 Å². The van der Waals surface area contributed by atoms with Crippen LogP contribution in [0, 0.1) is 17.2 Å². The van der Waals surface area contributed by atoms with Gasteiger partial charge in [-0.15, -0.1) is 0 Å². The van der Waals surface area contributed by atoms with Crippen LogP contribution in [0.1, 0.15) is 6.92 Å². The number of likely N-dealkylation sites (N-methyl/N-ethyl adjacent to an activating group) is 1. The molecular weight excluding hydrogens is 176 g/mol. The fourth-order valence-electron chi connectivity index (χ4n) is 2.19. The topological polar surface area (TPSA) is 56.3 Å². The molecule has 1 fully saturated rings. The summed E-state index contributed by atoms with van der Waals surface area (Å²) in [5, 5.41) is 8.62. The van der Waals surface area contributed by atoms with Gasteiger partial charge in [-0.25, -0.2) is 0 Å². The first-order chi connectivity index (χ1) is 6.54.